The number of aliphatic carboxylic acids is 1. The van der Waals surface area contributed by atoms with E-state index in [2.05, 4.69) is 14.7 Å². The van der Waals surface area contributed by atoms with Crippen LogP contribution in [0.3, 0.4) is 0 Å². The van der Waals surface area contributed by atoms with E-state index < -0.39 is 11.5 Å². The molecule has 0 amide bonds. The van der Waals surface area contributed by atoms with E-state index in [9.17, 15) is 9.90 Å². The molecule has 2 aromatic rings. The number of carboxylic acids is 1. The average molecular weight is 295 g/mol. The van der Waals surface area contributed by atoms with Gasteiger partial charge in [-0.25, -0.2) is 9.78 Å². The van der Waals surface area contributed by atoms with E-state index in [1.807, 2.05) is 30.3 Å². The van der Waals surface area contributed by atoms with Gasteiger partial charge in [-0.05, 0) is 24.1 Å². The highest BCUT2D eigenvalue weighted by atomic mass is 32.2. The zero-order valence-electron chi connectivity index (χ0n) is 10.2. The summed E-state index contributed by atoms with van der Waals surface area (Å²) in [5.74, 6) is -0.559. The minimum atomic E-state index is -1.13. The van der Waals surface area contributed by atoms with Gasteiger partial charge < -0.3 is 10.4 Å². The molecule has 0 radical (unpaired) electrons. The van der Waals surface area contributed by atoms with Crippen molar-refractivity contribution in [2.24, 2.45) is 0 Å². The molecule has 0 spiro atoms. The van der Waals surface area contributed by atoms with Gasteiger partial charge in [-0.1, -0.05) is 42.1 Å². The summed E-state index contributed by atoms with van der Waals surface area (Å²) < 4.78 is 4.67. The number of likely N-dealkylation sites (N-methyl/N-ethyl adjacent to an activating group) is 1. The van der Waals surface area contributed by atoms with E-state index in [4.69, 9.17) is 0 Å². The third-order valence-electron chi connectivity index (χ3n) is 2.81. The van der Waals surface area contributed by atoms with Gasteiger partial charge in [-0.15, -0.1) is 0 Å². The molecule has 0 aliphatic carbocycles. The highest BCUT2D eigenvalue weighted by Gasteiger charge is 2.39. The molecule has 2 rings (SSSR count). The van der Waals surface area contributed by atoms with Crippen LogP contribution in [0.2, 0.25) is 0 Å². The zero-order chi connectivity index (χ0) is 13.7. The number of hydrogen-bond acceptors (Lipinski definition) is 6. The molecule has 1 aromatic heterocycles. The van der Waals surface area contributed by atoms with Gasteiger partial charge in [0.15, 0.2) is 9.88 Å². The fraction of sp³-hybridized carbons (Fsp3) is 0.250. The summed E-state index contributed by atoms with van der Waals surface area (Å²) in [6.07, 6.45) is 1.47. The molecule has 1 heterocycles. The third-order valence-corrected chi connectivity index (χ3v) is 4.78. The number of carboxylic acid groups (broad SMARTS) is 1. The van der Waals surface area contributed by atoms with Crippen LogP contribution in [0.1, 0.15) is 5.56 Å². The van der Waals surface area contributed by atoms with E-state index in [0.29, 0.717) is 5.75 Å². The predicted molar refractivity (Wildman–Crippen MR) is 75.4 cm³/mol. The lowest BCUT2D eigenvalue weighted by atomic mass is 9.92. The van der Waals surface area contributed by atoms with Gasteiger partial charge in [0.05, 0.1) is 0 Å². The molecule has 0 saturated heterocycles. The second-order valence-electron chi connectivity index (χ2n) is 3.82. The van der Waals surface area contributed by atoms with Crippen molar-refractivity contribution in [1.82, 2.24) is 14.7 Å². The van der Waals surface area contributed by atoms with E-state index in [1.165, 1.54) is 29.6 Å². The van der Waals surface area contributed by atoms with E-state index in [0.717, 1.165) is 9.90 Å². The Morgan fingerprint density at radius 1 is 1.47 bits per heavy atom. The minimum Gasteiger partial charge on any atom is -0.480 e. The van der Waals surface area contributed by atoms with Crippen LogP contribution in [0.5, 0.6) is 0 Å². The SMILES string of the molecule is CNC(CSc1ncns1)(C(=O)O)c1ccccc1. The van der Waals surface area contributed by atoms with Gasteiger partial charge >= 0.3 is 5.97 Å². The standard InChI is InChI=1S/C12H13N3O2S2/c1-13-12(10(16)17,9-5-3-2-4-6-9)7-18-11-14-8-15-19-11/h2-6,8,13H,7H2,1H3,(H,16,17). The van der Waals surface area contributed by atoms with Crippen molar-refractivity contribution >= 4 is 29.3 Å². The Hall–Kier alpha value is -1.44. The van der Waals surface area contributed by atoms with Gasteiger partial charge in [0, 0.05) is 5.75 Å². The minimum absolute atomic E-state index is 0.345. The average Bonchev–Trinajstić information content (AvgIpc) is 2.94. The first kappa shape index (κ1) is 14.0. The summed E-state index contributed by atoms with van der Waals surface area (Å²) in [5, 5.41) is 12.5. The molecule has 1 unspecified atom stereocenters. The Labute approximate surface area is 119 Å². The summed E-state index contributed by atoms with van der Waals surface area (Å²) in [6.45, 7) is 0. The van der Waals surface area contributed by atoms with Gasteiger partial charge in [0.2, 0.25) is 0 Å². The molecule has 0 bridgehead atoms. The molecule has 0 fully saturated rings. The largest absolute Gasteiger partial charge is 0.480 e. The van der Waals surface area contributed by atoms with Crippen LogP contribution in [-0.2, 0) is 10.3 Å². The van der Waals surface area contributed by atoms with E-state index >= 15 is 0 Å². The highest BCUT2D eigenvalue weighted by molar-refractivity contribution is 8.01. The molecule has 0 saturated carbocycles. The fourth-order valence-corrected chi connectivity index (χ4v) is 3.40. The van der Waals surface area contributed by atoms with Crippen molar-refractivity contribution in [2.45, 2.75) is 9.88 Å². The first-order valence-electron chi connectivity index (χ1n) is 5.56. The number of benzene rings is 1. The quantitative estimate of drug-likeness (QED) is 0.792. The van der Waals surface area contributed by atoms with Crippen molar-refractivity contribution in [1.29, 1.82) is 0 Å². The lowest BCUT2D eigenvalue weighted by Crippen LogP contribution is -2.49. The topological polar surface area (TPSA) is 75.1 Å². The Bertz CT molecular complexity index is 533. The Morgan fingerprint density at radius 2 is 2.21 bits per heavy atom. The molecule has 7 heteroatoms. The maximum Gasteiger partial charge on any atom is 0.329 e. The summed E-state index contributed by atoms with van der Waals surface area (Å²) in [7, 11) is 1.65. The number of thioether (sulfide) groups is 1. The fourth-order valence-electron chi connectivity index (χ4n) is 1.71. The molecule has 0 aliphatic rings. The number of hydrogen-bond donors (Lipinski definition) is 2. The van der Waals surface area contributed by atoms with Gasteiger partial charge in [0.1, 0.15) is 6.33 Å². The second-order valence-corrected chi connectivity index (χ2v) is 5.82. The molecule has 100 valence electrons. The Morgan fingerprint density at radius 3 is 2.74 bits per heavy atom. The van der Waals surface area contributed by atoms with Crippen molar-refractivity contribution in [3.05, 3.63) is 42.2 Å². The lowest BCUT2D eigenvalue weighted by molar-refractivity contribution is -0.144. The van der Waals surface area contributed by atoms with Gasteiger partial charge in [0.25, 0.3) is 0 Å². The van der Waals surface area contributed by atoms with Crippen LogP contribution in [0.15, 0.2) is 41.0 Å². The number of aromatic nitrogens is 2. The second kappa shape index (κ2) is 6.14. The van der Waals surface area contributed by atoms with Crippen molar-refractivity contribution < 1.29 is 9.90 Å². The molecular formula is C12H13N3O2S2. The van der Waals surface area contributed by atoms with Gasteiger partial charge in [-0.2, -0.15) is 4.37 Å². The van der Waals surface area contributed by atoms with Crippen LogP contribution in [0.4, 0.5) is 0 Å². The highest BCUT2D eigenvalue weighted by Crippen LogP contribution is 2.30. The Balaban J connectivity index is 2.27. The molecule has 0 aliphatic heterocycles. The lowest BCUT2D eigenvalue weighted by Gasteiger charge is -2.28. The van der Waals surface area contributed by atoms with Crippen molar-refractivity contribution in [3.63, 3.8) is 0 Å². The van der Waals surface area contributed by atoms with Crippen molar-refractivity contribution in [2.75, 3.05) is 12.8 Å². The summed E-state index contributed by atoms with van der Waals surface area (Å²) in [5.41, 5.74) is -0.403. The third kappa shape index (κ3) is 2.94. The molecule has 2 N–H and O–H groups in total. The number of nitrogens with zero attached hydrogens (tertiary/aromatic N) is 2. The molecule has 1 atom stereocenters. The van der Waals surface area contributed by atoms with Crippen LogP contribution in [0.25, 0.3) is 0 Å². The van der Waals surface area contributed by atoms with Crippen LogP contribution in [0, 0.1) is 0 Å². The zero-order valence-corrected chi connectivity index (χ0v) is 11.9. The molecule has 19 heavy (non-hydrogen) atoms. The maximum atomic E-state index is 11.7. The predicted octanol–water partition coefficient (Wildman–Crippen LogP) is 1.83. The summed E-state index contributed by atoms with van der Waals surface area (Å²) in [4.78, 5) is 15.8. The Kier molecular flexibility index (Phi) is 4.52. The molecule has 5 nitrogen and oxygen atoms in total. The first-order valence-corrected chi connectivity index (χ1v) is 7.32. The number of carbonyl (C=O) groups is 1. The monoisotopic (exact) mass is 295 g/mol. The molecular weight excluding hydrogens is 282 g/mol. The smallest absolute Gasteiger partial charge is 0.329 e. The summed E-state index contributed by atoms with van der Waals surface area (Å²) in [6, 6.07) is 9.15. The number of nitrogens with one attached hydrogen (secondary N) is 1. The summed E-state index contributed by atoms with van der Waals surface area (Å²) >= 11 is 2.65. The number of rotatable bonds is 6. The maximum absolute atomic E-state index is 11.7. The van der Waals surface area contributed by atoms with Crippen molar-refractivity contribution in [3.8, 4) is 0 Å². The van der Waals surface area contributed by atoms with Crippen LogP contribution < -0.4 is 5.32 Å². The van der Waals surface area contributed by atoms with E-state index in [1.54, 1.807) is 7.05 Å². The normalized spacial score (nSPS) is 13.9. The van der Waals surface area contributed by atoms with E-state index in [-0.39, 0.29) is 0 Å². The van der Waals surface area contributed by atoms with Crippen LogP contribution >= 0.6 is 23.3 Å². The van der Waals surface area contributed by atoms with Gasteiger partial charge in [-0.3, -0.25) is 0 Å². The first-order chi connectivity index (χ1) is 9.19. The molecule has 1 aromatic carbocycles. The van der Waals surface area contributed by atoms with Crippen LogP contribution in [-0.4, -0.2) is 33.2 Å².